The highest BCUT2D eigenvalue weighted by atomic mass is 16.6. The Morgan fingerprint density at radius 1 is 1.09 bits per heavy atom. The summed E-state index contributed by atoms with van der Waals surface area (Å²) < 4.78 is 0. The molecule has 0 aliphatic heterocycles. The lowest BCUT2D eigenvalue weighted by Gasteiger charge is -2.08. The zero-order valence-electron chi connectivity index (χ0n) is 12.3. The summed E-state index contributed by atoms with van der Waals surface area (Å²) in [5.74, 6) is -0.337. The number of aromatic nitrogens is 1. The molecule has 0 aliphatic rings. The zero-order valence-corrected chi connectivity index (χ0v) is 12.3. The van der Waals surface area contributed by atoms with Gasteiger partial charge in [0.15, 0.2) is 0 Å². The number of hydrogen-bond acceptors (Lipinski definition) is 4. The van der Waals surface area contributed by atoms with Crippen molar-refractivity contribution in [2.45, 2.75) is 6.92 Å². The summed E-state index contributed by atoms with van der Waals surface area (Å²) >= 11 is 0. The van der Waals surface area contributed by atoms with Crippen molar-refractivity contribution in [2.24, 2.45) is 0 Å². The highest BCUT2D eigenvalue weighted by Gasteiger charge is 2.11. The van der Waals surface area contributed by atoms with Crippen molar-refractivity contribution < 1.29 is 9.72 Å². The summed E-state index contributed by atoms with van der Waals surface area (Å²) in [5, 5.41) is 14.4. The van der Waals surface area contributed by atoms with Crippen LogP contribution in [0.15, 0.2) is 54.6 Å². The fourth-order valence-electron chi connectivity index (χ4n) is 2.27. The van der Waals surface area contributed by atoms with E-state index < -0.39 is 4.92 Å². The second kappa shape index (κ2) is 5.84. The van der Waals surface area contributed by atoms with E-state index in [9.17, 15) is 14.9 Å². The van der Waals surface area contributed by atoms with Gasteiger partial charge >= 0.3 is 0 Å². The van der Waals surface area contributed by atoms with E-state index in [0.717, 1.165) is 11.1 Å². The first-order chi connectivity index (χ1) is 11.0. The molecule has 23 heavy (non-hydrogen) atoms. The van der Waals surface area contributed by atoms with Crippen LogP contribution in [0.3, 0.4) is 0 Å². The van der Waals surface area contributed by atoms with Crippen LogP contribution in [-0.4, -0.2) is 15.8 Å². The number of nitrogens with zero attached hydrogens (tertiary/aromatic N) is 2. The third-order valence-corrected chi connectivity index (χ3v) is 3.45. The number of benzene rings is 2. The number of pyridine rings is 1. The first-order valence-electron chi connectivity index (χ1n) is 6.97. The minimum Gasteiger partial charge on any atom is -0.320 e. The van der Waals surface area contributed by atoms with Crippen LogP contribution in [0.2, 0.25) is 0 Å². The third kappa shape index (κ3) is 3.01. The van der Waals surface area contributed by atoms with Gasteiger partial charge in [0.1, 0.15) is 0 Å². The fourth-order valence-corrected chi connectivity index (χ4v) is 2.27. The molecule has 3 aromatic rings. The summed E-state index contributed by atoms with van der Waals surface area (Å²) in [6.45, 7) is 1.88. The van der Waals surface area contributed by atoms with Crippen LogP contribution in [0.4, 0.5) is 11.4 Å². The lowest BCUT2D eigenvalue weighted by Crippen LogP contribution is -2.12. The van der Waals surface area contributed by atoms with E-state index in [0.29, 0.717) is 16.8 Å². The number of fused-ring (bicyclic) bond motifs is 1. The van der Waals surface area contributed by atoms with Gasteiger partial charge < -0.3 is 5.32 Å². The molecule has 1 aromatic heterocycles. The number of nitrogens with one attached hydrogen (secondary N) is 1. The van der Waals surface area contributed by atoms with Gasteiger partial charge in [-0.15, -0.1) is 0 Å². The molecule has 0 fully saturated rings. The second-order valence-electron chi connectivity index (χ2n) is 5.09. The van der Waals surface area contributed by atoms with Crippen molar-refractivity contribution >= 4 is 28.2 Å². The van der Waals surface area contributed by atoms with Gasteiger partial charge in [-0.2, -0.15) is 0 Å². The Balaban J connectivity index is 1.91. The van der Waals surface area contributed by atoms with Gasteiger partial charge in [0, 0.05) is 28.8 Å². The van der Waals surface area contributed by atoms with Crippen LogP contribution in [0, 0.1) is 17.0 Å². The highest BCUT2D eigenvalue weighted by Crippen LogP contribution is 2.22. The number of non-ortho nitro benzene ring substituents is 1. The number of nitro groups is 1. The maximum absolute atomic E-state index is 12.3. The third-order valence-electron chi connectivity index (χ3n) is 3.45. The van der Waals surface area contributed by atoms with Gasteiger partial charge in [0.2, 0.25) is 0 Å². The number of anilines is 1. The molecule has 0 saturated heterocycles. The van der Waals surface area contributed by atoms with Crippen molar-refractivity contribution in [1.29, 1.82) is 0 Å². The molecule has 0 unspecified atom stereocenters. The lowest BCUT2D eigenvalue weighted by molar-refractivity contribution is -0.384. The Morgan fingerprint density at radius 3 is 2.52 bits per heavy atom. The van der Waals surface area contributed by atoms with Gasteiger partial charge in [-0.25, -0.2) is 0 Å². The molecule has 1 N–H and O–H groups in total. The highest BCUT2D eigenvalue weighted by molar-refractivity contribution is 6.08. The Morgan fingerprint density at radius 2 is 1.83 bits per heavy atom. The monoisotopic (exact) mass is 307 g/mol. The van der Waals surface area contributed by atoms with Gasteiger partial charge in [-0.1, -0.05) is 18.2 Å². The van der Waals surface area contributed by atoms with Crippen LogP contribution in [0.25, 0.3) is 10.9 Å². The number of aryl methyl sites for hydroxylation is 1. The van der Waals surface area contributed by atoms with E-state index in [1.54, 1.807) is 6.07 Å². The molecule has 0 bridgehead atoms. The molecule has 2 aromatic carbocycles. The van der Waals surface area contributed by atoms with Gasteiger partial charge in [0.25, 0.3) is 11.6 Å². The average Bonchev–Trinajstić information content (AvgIpc) is 2.55. The minimum atomic E-state index is -0.501. The zero-order chi connectivity index (χ0) is 16.4. The Kier molecular flexibility index (Phi) is 3.72. The van der Waals surface area contributed by atoms with Crippen molar-refractivity contribution in [3.8, 4) is 0 Å². The molecule has 1 amide bonds. The van der Waals surface area contributed by atoms with Crippen molar-refractivity contribution in [3.63, 3.8) is 0 Å². The number of amides is 1. The van der Waals surface area contributed by atoms with Crippen molar-refractivity contribution in [1.82, 2.24) is 4.98 Å². The van der Waals surface area contributed by atoms with Gasteiger partial charge in [-0.05, 0) is 31.2 Å². The topological polar surface area (TPSA) is 85.1 Å². The molecule has 0 atom stereocenters. The largest absolute Gasteiger partial charge is 0.320 e. The lowest BCUT2D eigenvalue weighted by atomic mass is 10.1. The van der Waals surface area contributed by atoms with Gasteiger partial charge in [0.05, 0.1) is 16.1 Å². The molecule has 114 valence electrons. The molecular weight excluding hydrogens is 294 g/mol. The maximum atomic E-state index is 12.3. The van der Waals surface area contributed by atoms with Crippen LogP contribution in [-0.2, 0) is 0 Å². The molecule has 3 rings (SSSR count). The Hall–Kier alpha value is -3.28. The summed E-state index contributed by atoms with van der Waals surface area (Å²) in [6.07, 6.45) is 0. The summed E-state index contributed by atoms with van der Waals surface area (Å²) in [4.78, 5) is 26.9. The number of rotatable bonds is 3. The predicted molar refractivity (Wildman–Crippen MR) is 87.5 cm³/mol. The molecule has 0 radical (unpaired) electrons. The SMILES string of the molecule is Cc1ccc2cccc(NC(=O)c3ccc([N+](=O)[O-])cc3)c2n1. The molecule has 0 saturated carbocycles. The van der Waals surface area contributed by atoms with Crippen molar-refractivity contribution in [2.75, 3.05) is 5.32 Å². The van der Waals surface area contributed by atoms with Crippen molar-refractivity contribution in [3.05, 3.63) is 76.0 Å². The smallest absolute Gasteiger partial charge is 0.269 e. The predicted octanol–water partition coefficient (Wildman–Crippen LogP) is 3.70. The number of para-hydroxylation sites is 1. The molecule has 1 heterocycles. The Bertz CT molecular complexity index is 905. The first kappa shape index (κ1) is 14.6. The van der Waals surface area contributed by atoms with Crippen LogP contribution >= 0.6 is 0 Å². The maximum Gasteiger partial charge on any atom is 0.269 e. The summed E-state index contributed by atoms with van der Waals surface area (Å²) in [7, 11) is 0. The quantitative estimate of drug-likeness (QED) is 0.590. The second-order valence-corrected chi connectivity index (χ2v) is 5.09. The average molecular weight is 307 g/mol. The van der Waals surface area contributed by atoms with Crippen LogP contribution in [0.5, 0.6) is 0 Å². The van der Waals surface area contributed by atoms with Gasteiger partial charge in [-0.3, -0.25) is 19.9 Å². The number of nitro benzene ring substituents is 1. The molecule has 6 heteroatoms. The van der Waals surface area contributed by atoms with Crippen LogP contribution < -0.4 is 5.32 Å². The summed E-state index contributed by atoms with van der Waals surface area (Å²) in [5.41, 5.74) is 2.47. The van der Waals surface area contributed by atoms with E-state index in [2.05, 4.69) is 10.3 Å². The fraction of sp³-hybridized carbons (Fsp3) is 0.0588. The van der Waals surface area contributed by atoms with E-state index >= 15 is 0 Å². The first-order valence-corrected chi connectivity index (χ1v) is 6.97. The van der Waals surface area contributed by atoms with Crippen LogP contribution in [0.1, 0.15) is 16.1 Å². The van der Waals surface area contributed by atoms with E-state index in [1.807, 2.05) is 31.2 Å². The molecular formula is C17H13N3O3. The molecule has 0 spiro atoms. The normalized spacial score (nSPS) is 10.5. The Labute approximate surface area is 131 Å². The number of hydrogen-bond donors (Lipinski definition) is 1. The molecule has 6 nitrogen and oxygen atoms in total. The van der Waals surface area contributed by atoms with E-state index in [-0.39, 0.29) is 11.6 Å². The summed E-state index contributed by atoms with van der Waals surface area (Å²) in [6, 6.07) is 14.9. The van der Waals surface area contributed by atoms with E-state index in [4.69, 9.17) is 0 Å². The minimum absolute atomic E-state index is 0.0518. The standard InChI is InChI=1S/C17H13N3O3/c1-11-5-6-12-3-2-4-15(16(12)18-11)19-17(21)13-7-9-14(10-8-13)20(22)23/h2-10H,1H3,(H,19,21). The molecule has 0 aliphatic carbocycles. The number of carbonyl (C=O) groups excluding carboxylic acids is 1. The van der Waals surface area contributed by atoms with E-state index in [1.165, 1.54) is 24.3 Å². The number of carbonyl (C=O) groups is 1.